The molecular weight excluding hydrogens is 317 g/mol. The lowest BCUT2D eigenvalue weighted by Crippen LogP contribution is -2.00. The largest absolute Gasteiger partial charge is 0.450 e. The van der Waals surface area contributed by atoms with Gasteiger partial charge in [-0.2, -0.15) is 0 Å². The van der Waals surface area contributed by atoms with Gasteiger partial charge in [-0.25, -0.2) is 0 Å². The van der Waals surface area contributed by atoms with Crippen molar-refractivity contribution in [3.63, 3.8) is 0 Å². The summed E-state index contributed by atoms with van der Waals surface area (Å²) >= 11 is 11.7. The molecule has 0 aliphatic carbocycles. The number of fused-ring (bicyclic) bond motifs is 1. The van der Waals surface area contributed by atoms with E-state index in [0.29, 0.717) is 11.8 Å². The molecule has 22 heavy (non-hydrogen) atoms. The molecule has 1 heterocycles. The van der Waals surface area contributed by atoms with Crippen molar-refractivity contribution >= 4 is 34.0 Å². The van der Waals surface area contributed by atoms with E-state index >= 15 is 0 Å². The van der Waals surface area contributed by atoms with Crippen LogP contribution >= 0.6 is 23.2 Å². The van der Waals surface area contributed by atoms with Gasteiger partial charge < -0.3 is 10.2 Å². The van der Waals surface area contributed by atoms with E-state index in [-0.39, 0.29) is 0 Å². The summed E-state index contributed by atoms with van der Waals surface area (Å²) in [6.45, 7) is 2.56. The van der Waals surface area contributed by atoms with Gasteiger partial charge in [0.1, 0.15) is 5.76 Å². The minimum atomic E-state index is 0.456. The smallest absolute Gasteiger partial charge is 0.193 e. The number of rotatable bonds is 3. The van der Waals surface area contributed by atoms with Gasteiger partial charge in [0.05, 0.1) is 5.02 Å². The minimum absolute atomic E-state index is 0.456. The summed E-state index contributed by atoms with van der Waals surface area (Å²) in [7, 11) is 0. The molecule has 3 rings (SSSR count). The van der Waals surface area contributed by atoms with Crippen molar-refractivity contribution in [2.45, 2.75) is 19.8 Å². The molecule has 0 spiro atoms. The van der Waals surface area contributed by atoms with Crippen LogP contribution in [0.25, 0.3) is 10.8 Å². The highest BCUT2D eigenvalue weighted by molar-refractivity contribution is 6.36. The lowest BCUT2D eigenvalue weighted by molar-refractivity contribution is 0.536. The van der Waals surface area contributed by atoms with Gasteiger partial charge in [-0.05, 0) is 61.0 Å². The SMILES string of the molecule is Cc1ccc(Cl)o1.NCCCc1ccc2ccccc2c1Cl. The molecule has 0 saturated carbocycles. The Labute approximate surface area is 140 Å². The fourth-order valence-corrected chi connectivity index (χ4v) is 2.68. The van der Waals surface area contributed by atoms with Crippen molar-refractivity contribution in [3.8, 4) is 0 Å². The van der Waals surface area contributed by atoms with Gasteiger partial charge in [-0.1, -0.05) is 48.0 Å². The summed E-state index contributed by atoms with van der Waals surface area (Å²) in [6.07, 6.45) is 1.94. The van der Waals surface area contributed by atoms with Crippen molar-refractivity contribution < 1.29 is 4.42 Å². The summed E-state index contributed by atoms with van der Waals surface area (Å²) in [5.41, 5.74) is 6.69. The van der Waals surface area contributed by atoms with Gasteiger partial charge in [0, 0.05) is 5.39 Å². The molecule has 0 radical (unpaired) electrons. The second-order valence-corrected chi connectivity index (χ2v) is 5.75. The third-order valence-corrected chi connectivity index (χ3v) is 3.95. The zero-order chi connectivity index (χ0) is 15.9. The average Bonchev–Trinajstić information content (AvgIpc) is 2.91. The van der Waals surface area contributed by atoms with Crippen LogP contribution in [0.4, 0.5) is 0 Å². The lowest BCUT2D eigenvalue weighted by Gasteiger charge is -2.06. The molecule has 116 valence electrons. The highest BCUT2D eigenvalue weighted by Gasteiger charge is 2.04. The van der Waals surface area contributed by atoms with Gasteiger partial charge in [0.25, 0.3) is 0 Å². The molecule has 1 aromatic heterocycles. The molecular formula is C18H19Cl2NO. The Morgan fingerprint density at radius 3 is 2.36 bits per heavy atom. The first-order valence-electron chi connectivity index (χ1n) is 7.20. The standard InChI is InChI=1S/C13H14ClN.C5H5ClO/c14-13-11(5-3-9-15)8-7-10-4-1-2-6-12(10)13;1-4-2-3-5(6)7-4/h1-2,4,6-8H,3,5,9,15H2;2-3H,1H3. The van der Waals surface area contributed by atoms with E-state index in [0.717, 1.165) is 29.0 Å². The summed E-state index contributed by atoms with van der Waals surface area (Å²) in [6, 6.07) is 15.9. The molecule has 0 aliphatic rings. The number of hydrogen-bond donors (Lipinski definition) is 1. The topological polar surface area (TPSA) is 39.2 Å². The van der Waals surface area contributed by atoms with Crippen LogP contribution in [0.5, 0.6) is 0 Å². The molecule has 0 atom stereocenters. The van der Waals surface area contributed by atoms with Crippen LogP contribution in [0.3, 0.4) is 0 Å². The Kier molecular flexibility index (Phi) is 6.32. The van der Waals surface area contributed by atoms with E-state index in [2.05, 4.69) is 24.3 Å². The Bertz CT molecular complexity index is 720. The minimum Gasteiger partial charge on any atom is -0.450 e. The third kappa shape index (κ3) is 4.51. The molecule has 2 nitrogen and oxygen atoms in total. The average molecular weight is 336 g/mol. The number of aryl methyl sites for hydroxylation is 2. The van der Waals surface area contributed by atoms with Crippen molar-refractivity contribution in [2.24, 2.45) is 5.73 Å². The molecule has 3 aromatic rings. The Morgan fingerprint density at radius 1 is 1.00 bits per heavy atom. The second-order valence-electron chi connectivity index (χ2n) is 5.00. The number of nitrogens with two attached hydrogens (primary N) is 1. The number of furan rings is 1. The first kappa shape index (κ1) is 16.9. The van der Waals surface area contributed by atoms with Crippen LogP contribution in [0.15, 0.2) is 52.9 Å². The molecule has 2 N–H and O–H groups in total. The fourth-order valence-electron chi connectivity index (χ4n) is 2.17. The summed E-state index contributed by atoms with van der Waals surface area (Å²) in [5, 5.41) is 3.66. The number of hydrogen-bond acceptors (Lipinski definition) is 2. The van der Waals surface area contributed by atoms with Crippen LogP contribution in [0.1, 0.15) is 17.7 Å². The molecule has 0 fully saturated rings. The van der Waals surface area contributed by atoms with E-state index in [1.807, 2.05) is 25.1 Å². The Morgan fingerprint density at radius 2 is 1.77 bits per heavy atom. The predicted molar refractivity (Wildman–Crippen MR) is 94.8 cm³/mol. The third-order valence-electron chi connectivity index (χ3n) is 3.30. The Balaban J connectivity index is 0.000000211. The molecule has 0 amide bonds. The van der Waals surface area contributed by atoms with Crippen LogP contribution in [0.2, 0.25) is 10.2 Å². The first-order chi connectivity index (χ1) is 10.6. The molecule has 0 saturated heterocycles. The van der Waals surface area contributed by atoms with Crippen LogP contribution in [-0.2, 0) is 6.42 Å². The maximum absolute atomic E-state index is 6.34. The van der Waals surface area contributed by atoms with Gasteiger partial charge in [0.15, 0.2) is 5.22 Å². The zero-order valence-electron chi connectivity index (χ0n) is 12.5. The quantitative estimate of drug-likeness (QED) is 0.673. The summed E-state index contributed by atoms with van der Waals surface area (Å²) in [5.74, 6) is 0.852. The number of halogens is 2. The lowest BCUT2D eigenvalue weighted by atomic mass is 10.0. The maximum atomic E-state index is 6.34. The van der Waals surface area contributed by atoms with E-state index in [1.54, 1.807) is 6.07 Å². The van der Waals surface area contributed by atoms with Crippen molar-refractivity contribution in [1.29, 1.82) is 0 Å². The van der Waals surface area contributed by atoms with Crippen LogP contribution in [0, 0.1) is 6.92 Å². The molecule has 4 heteroatoms. The van der Waals surface area contributed by atoms with Gasteiger partial charge in [-0.15, -0.1) is 0 Å². The first-order valence-corrected chi connectivity index (χ1v) is 7.95. The normalized spacial score (nSPS) is 10.4. The highest BCUT2D eigenvalue weighted by atomic mass is 35.5. The van der Waals surface area contributed by atoms with E-state index in [4.69, 9.17) is 33.4 Å². The van der Waals surface area contributed by atoms with Crippen molar-refractivity contribution in [2.75, 3.05) is 6.54 Å². The van der Waals surface area contributed by atoms with Gasteiger partial charge in [-0.3, -0.25) is 0 Å². The Hall–Kier alpha value is -1.48. The fraction of sp³-hybridized carbons (Fsp3) is 0.222. The highest BCUT2D eigenvalue weighted by Crippen LogP contribution is 2.27. The van der Waals surface area contributed by atoms with Crippen LogP contribution in [-0.4, -0.2) is 6.54 Å². The van der Waals surface area contributed by atoms with Crippen LogP contribution < -0.4 is 5.73 Å². The molecule has 2 aromatic carbocycles. The summed E-state index contributed by atoms with van der Waals surface area (Å²) < 4.78 is 4.85. The van der Waals surface area contributed by atoms with Gasteiger partial charge >= 0.3 is 0 Å². The molecule has 0 aliphatic heterocycles. The zero-order valence-corrected chi connectivity index (χ0v) is 14.0. The van der Waals surface area contributed by atoms with Crippen molar-refractivity contribution in [3.05, 3.63) is 70.1 Å². The summed E-state index contributed by atoms with van der Waals surface area (Å²) in [4.78, 5) is 0. The molecule has 0 bridgehead atoms. The second kappa shape index (κ2) is 8.23. The van der Waals surface area contributed by atoms with E-state index in [1.165, 1.54) is 10.9 Å². The monoisotopic (exact) mass is 335 g/mol. The van der Waals surface area contributed by atoms with E-state index < -0.39 is 0 Å². The van der Waals surface area contributed by atoms with Gasteiger partial charge in [0.2, 0.25) is 0 Å². The van der Waals surface area contributed by atoms with Crippen molar-refractivity contribution in [1.82, 2.24) is 0 Å². The number of benzene rings is 2. The predicted octanol–water partition coefficient (Wildman–Crippen LogP) is 5.63. The van der Waals surface area contributed by atoms with E-state index in [9.17, 15) is 0 Å². The molecule has 0 unspecified atom stereocenters. The maximum Gasteiger partial charge on any atom is 0.193 e.